The molecule has 0 radical (unpaired) electrons. The molecular weight excluding hydrogens is 351 g/mol. The molecule has 1 aliphatic rings. The molecule has 7 heteroatoms. The quantitative estimate of drug-likeness (QED) is 0.844. The van der Waals surface area contributed by atoms with Crippen LogP contribution >= 0.6 is 0 Å². The molecule has 144 valence electrons. The molecule has 0 saturated carbocycles. The van der Waals surface area contributed by atoms with Crippen LogP contribution in [-0.2, 0) is 11.2 Å². The molecule has 3 rings (SSSR count). The minimum absolute atomic E-state index is 0.0470. The second-order valence-corrected chi connectivity index (χ2v) is 6.58. The van der Waals surface area contributed by atoms with Gasteiger partial charge in [-0.15, -0.1) is 0 Å². The molecule has 0 aliphatic carbocycles. The van der Waals surface area contributed by atoms with Crippen LogP contribution in [0.1, 0.15) is 35.4 Å². The fraction of sp³-hybridized carbons (Fsp3) is 0.400. The first-order chi connectivity index (χ1) is 13.1. The number of rotatable bonds is 6. The standard InChI is InChI=1S/C20H23FN2O4/c1-26-17-6-4-14(13-16(17)21)5-7-19(24)22-15-8-10-23(11-9-15)20(25)18-3-2-12-27-18/h2-4,6,12-13,15H,5,7-11H2,1H3,(H,22,24). The number of piperidine rings is 1. The van der Waals surface area contributed by atoms with E-state index in [0.29, 0.717) is 38.1 Å². The number of benzene rings is 1. The summed E-state index contributed by atoms with van der Waals surface area (Å²) in [6.07, 6.45) is 3.64. The number of carbonyl (C=O) groups is 2. The number of aryl methyl sites for hydroxylation is 1. The van der Waals surface area contributed by atoms with Crippen molar-refractivity contribution in [2.75, 3.05) is 20.2 Å². The average Bonchev–Trinajstić information content (AvgIpc) is 3.21. The minimum atomic E-state index is -0.427. The number of amides is 2. The molecule has 2 heterocycles. The van der Waals surface area contributed by atoms with Crippen molar-refractivity contribution in [2.45, 2.75) is 31.7 Å². The number of hydrogen-bond donors (Lipinski definition) is 1. The van der Waals surface area contributed by atoms with E-state index in [1.54, 1.807) is 29.2 Å². The number of furan rings is 1. The van der Waals surface area contributed by atoms with Crippen LogP contribution in [0.3, 0.4) is 0 Å². The third-order valence-electron chi connectivity index (χ3n) is 4.74. The first-order valence-electron chi connectivity index (χ1n) is 9.01. The molecule has 0 atom stereocenters. The lowest BCUT2D eigenvalue weighted by atomic mass is 10.0. The summed E-state index contributed by atoms with van der Waals surface area (Å²) in [4.78, 5) is 26.1. The topological polar surface area (TPSA) is 71.8 Å². The van der Waals surface area contributed by atoms with Gasteiger partial charge in [0, 0.05) is 25.6 Å². The van der Waals surface area contributed by atoms with Gasteiger partial charge in [-0.3, -0.25) is 9.59 Å². The fourth-order valence-corrected chi connectivity index (χ4v) is 3.21. The van der Waals surface area contributed by atoms with Crippen LogP contribution in [0.15, 0.2) is 41.0 Å². The van der Waals surface area contributed by atoms with Crippen LogP contribution in [0.25, 0.3) is 0 Å². The Hall–Kier alpha value is -2.83. The van der Waals surface area contributed by atoms with Crippen molar-refractivity contribution in [2.24, 2.45) is 0 Å². The zero-order valence-electron chi connectivity index (χ0n) is 15.2. The molecule has 0 unspecified atom stereocenters. The molecule has 1 N–H and O–H groups in total. The summed E-state index contributed by atoms with van der Waals surface area (Å²) in [6, 6.07) is 8.10. The summed E-state index contributed by atoms with van der Waals surface area (Å²) >= 11 is 0. The average molecular weight is 374 g/mol. The maximum Gasteiger partial charge on any atom is 0.289 e. The Kier molecular flexibility index (Phi) is 6.11. The second kappa shape index (κ2) is 8.70. The van der Waals surface area contributed by atoms with E-state index in [1.807, 2.05) is 0 Å². The van der Waals surface area contributed by atoms with Crippen LogP contribution in [0, 0.1) is 5.82 Å². The molecule has 0 spiro atoms. The fourth-order valence-electron chi connectivity index (χ4n) is 3.21. The van der Waals surface area contributed by atoms with E-state index in [0.717, 1.165) is 5.56 Å². The number of hydrogen-bond acceptors (Lipinski definition) is 4. The number of likely N-dealkylation sites (tertiary alicyclic amines) is 1. The van der Waals surface area contributed by atoms with Gasteiger partial charge >= 0.3 is 0 Å². The molecule has 27 heavy (non-hydrogen) atoms. The Morgan fingerprint density at radius 2 is 2.07 bits per heavy atom. The highest BCUT2D eigenvalue weighted by Gasteiger charge is 2.25. The summed E-state index contributed by atoms with van der Waals surface area (Å²) < 4.78 is 23.7. The zero-order valence-corrected chi connectivity index (χ0v) is 15.2. The van der Waals surface area contributed by atoms with Gasteiger partial charge < -0.3 is 19.4 Å². The molecule has 2 amide bonds. The van der Waals surface area contributed by atoms with Gasteiger partial charge in [0.2, 0.25) is 5.91 Å². The summed E-state index contributed by atoms with van der Waals surface area (Å²) in [5.41, 5.74) is 0.752. The van der Waals surface area contributed by atoms with Gasteiger partial charge in [-0.2, -0.15) is 0 Å². The Balaban J connectivity index is 1.42. The van der Waals surface area contributed by atoms with E-state index < -0.39 is 5.82 Å². The van der Waals surface area contributed by atoms with E-state index in [9.17, 15) is 14.0 Å². The highest BCUT2D eigenvalue weighted by molar-refractivity contribution is 5.91. The molecule has 1 aliphatic heterocycles. The predicted octanol–water partition coefficient (Wildman–Crippen LogP) is 2.78. The molecule has 1 aromatic carbocycles. The smallest absolute Gasteiger partial charge is 0.289 e. The molecular formula is C20H23FN2O4. The largest absolute Gasteiger partial charge is 0.494 e. The van der Waals surface area contributed by atoms with Crippen LogP contribution in [0.5, 0.6) is 5.75 Å². The van der Waals surface area contributed by atoms with E-state index >= 15 is 0 Å². The third-order valence-corrected chi connectivity index (χ3v) is 4.74. The highest BCUT2D eigenvalue weighted by atomic mass is 19.1. The van der Waals surface area contributed by atoms with E-state index in [-0.39, 0.29) is 30.0 Å². The number of halogens is 1. The first-order valence-corrected chi connectivity index (χ1v) is 9.01. The van der Waals surface area contributed by atoms with Gasteiger partial charge in [-0.05, 0) is 49.1 Å². The SMILES string of the molecule is COc1ccc(CCC(=O)NC2CCN(C(=O)c3ccco3)CC2)cc1F. The Morgan fingerprint density at radius 1 is 1.30 bits per heavy atom. The lowest BCUT2D eigenvalue weighted by Crippen LogP contribution is -2.46. The van der Waals surface area contributed by atoms with Crippen molar-refractivity contribution in [3.63, 3.8) is 0 Å². The van der Waals surface area contributed by atoms with Crippen LogP contribution in [0.4, 0.5) is 4.39 Å². The number of ether oxygens (including phenoxy) is 1. The molecule has 1 fully saturated rings. The van der Waals surface area contributed by atoms with Crippen molar-refractivity contribution in [3.05, 3.63) is 53.7 Å². The monoisotopic (exact) mass is 374 g/mol. The van der Waals surface area contributed by atoms with Gasteiger partial charge in [-0.25, -0.2) is 4.39 Å². The van der Waals surface area contributed by atoms with Gasteiger partial charge in [0.05, 0.1) is 13.4 Å². The first kappa shape index (κ1) is 18.9. The summed E-state index contributed by atoms with van der Waals surface area (Å²) in [5.74, 6) is -0.0828. The molecule has 2 aromatic rings. The number of nitrogens with zero attached hydrogens (tertiary/aromatic N) is 1. The molecule has 1 saturated heterocycles. The Labute approximate surface area is 157 Å². The number of methoxy groups -OCH3 is 1. The Morgan fingerprint density at radius 3 is 2.70 bits per heavy atom. The van der Waals surface area contributed by atoms with Crippen molar-refractivity contribution < 1.29 is 23.1 Å². The molecule has 6 nitrogen and oxygen atoms in total. The second-order valence-electron chi connectivity index (χ2n) is 6.58. The number of carbonyl (C=O) groups excluding carboxylic acids is 2. The van der Waals surface area contributed by atoms with Crippen molar-refractivity contribution in [1.82, 2.24) is 10.2 Å². The number of nitrogens with one attached hydrogen (secondary N) is 1. The minimum Gasteiger partial charge on any atom is -0.494 e. The van der Waals surface area contributed by atoms with Crippen LogP contribution in [-0.4, -0.2) is 43.0 Å². The summed E-state index contributed by atoms with van der Waals surface area (Å²) in [7, 11) is 1.42. The van der Waals surface area contributed by atoms with Crippen LogP contribution < -0.4 is 10.1 Å². The molecule has 1 aromatic heterocycles. The van der Waals surface area contributed by atoms with Crippen molar-refractivity contribution in [1.29, 1.82) is 0 Å². The third kappa shape index (κ3) is 4.87. The van der Waals surface area contributed by atoms with Crippen molar-refractivity contribution >= 4 is 11.8 Å². The predicted molar refractivity (Wildman–Crippen MR) is 97.0 cm³/mol. The summed E-state index contributed by atoms with van der Waals surface area (Å²) in [6.45, 7) is 1.16. The van der Waals surface area contributed by atoms with Gasteiger partial charge in [0.25, 0.3) is 5.91 Å². The van der Waals surface area contributed by atoms with Gasteiger partial charge in [-0.1, -0.05) is 6.07 Å². The Bertz CT molecular complexity index is 783. The van der Waals surface area contributed by atoms with E-state index in [4.69, 9.17) is 9.15 Å². The normalized spacial score (nSPS) is 14.8. The lowest BCUT2D eigenvalue weighted by molar-refractivity contribution is -0.122. The maximum atomic E-state index is 13.7. The van der Waals surface area contributed by atoms with E-state index in [1.165, 1.54) is 19.4 Å². The molecule has 0 bridgehead atoms. The van der Waals surface area contributed by atoms with Gasteiger partial charge in [0.15, 0.2) is 17.3 Å². The summed E-state index contributed by atoms with van der Waals surface area (Å²) in [5, 5.41) is 3.00. The van der Waals surface area contributed by atoms with Crippen LogP contribution in [0.2, 0.25) is 0 Å². The lowest BCUT2D eigenvalue weighted by Gasteiger charge is -2.31. The zero-order chi connectivity index (χ0) is 19.2. The van der Waals surface area contributed by atoms with Gasteiger partial charge in [0.1, 0.15) is 0 Å². The van der Waals surface area contributed by atoms with Crippen molar-refractivity contribution in [3.8, 4) is 5.75 Å². The maximum absolute atomic E-state index is 13.7. The highest BCUT2D eigenvalue weighted by Crippen LogP contribution is 2.19. The van der Waals surface area contributed by atoms with E-state index in [2.05, 4.69) is 5.32 Å².